The van der Waals surface area contributed by atoms with Crippen molar-refractivity contribution in [2.75, 3.05) is 4.90 Å². The van der Waals surface area contributed by atoms with Crippen LogP contribution in [0.2, 0.25) is 5.02 Å². The molecule has 5 aromatic rings. The summed E-state index contributed by atoms with van der Waals surface area (Å²) in [5, 5.41) is 2.91. The Hall–Kier alpha value is -3.08. The maximum Gasteiger partial charge on any atom is 0.0723 e. The third kappa shape index (κ3) is 2.53. The normalized spacial score (nSPS) is 12.8. The second-order valence-corrected chi connectivity index (χ2v) is 8.36. The lowest BCUT2D eigenvalue weighted by molar-refractivity contribution is 1.14. The Morgan fingerprint density at radius 1 is 0.655 bits per heavy atom. The molecule has 3 aromatic carbocycles. The lowest BCUT2D eigenvalue weighted by Gasteiger charge is -2.34. The smallest absolute Gasteiger partial charge is 0.0723 e. The Balaban J connectivity index is 1.78. The molecule has 0 N–H and O–H groups in total. The van der Waals surface area contributed by atoms with Crippen molar-refractivity contribution in [2.45, 2.75) is 9.79 Å². The average Bonchev–Trinajstić information content (AvgIpc) is 2.78. The van der Waals surface area contributed by atoms with Crippen LogP contribution in [0, 0.1) is 0 Å². The quantitative estimate of drug-likeness (QED) is 0.282. The van der Waals surface area contributed by atoms with E-state index in [4.69, 9.17) is 11.6 Å². The van der Waals surface area contributed by atoms with E-state index >= 15 is 0 Å². The van der Waals surface area contributed by atoms with Crippen molar-refractivity contribution in [3.63, 3.8) is 0 Å². The van der Waals surface area contributed by atoms with Crippen LogP contribution in [-0.4, -0.2) is 9.97 Å². The Morgan fingerprint density at radius 3 is 1.76 bits per heavy atom. The van der Waals surface area contributed by atoms with Crippen LogP contribution in [0.5, 0.6) is 0 Å². The zero-order chi connectivity index (χ0) is 19.4. The van der Waals surface area contributed by atoms with Gasteiger partial charge in [0.1, 0.15) is 0 Å². The summed E-state index contributed by atoms with van der Waals surface area (Å²) in [6.45, 7) is 0. The van der Waals surface area contributed by atoms with Gasteiger partial charge in [-0.2, -0.15) is 0 Å². The van der Waals surface area contributed by atoms with Crippen LogP contribution in [0.4, 0.5) is 17.1 Å². The van der Waals surface area contributed by atoms with Gasteiger partial charge < -0.3 is 4.90 Å². The van der Waals surface area contributed by atoms with Gasteiger partial charge >= 0.3 is 0 Å². The average molecular weight is 412 g/mol. The molecule has 0 spiro atoms. The highest BCUT2D eigenvalue weighted by Gasteiger charge is 2.30. The van der Waals surface area contributed by atoms with Crippen molar-refractivity contribution in [3.05, 3.63) is 90.2 Å². The molecule has 1 aliphatic heterocycles. The molecule has 6 rings (SSSR count). The van der Waals surface area contributed by atoms with E-state index < -0.39 is 0 Å². The van der Waals surface area contributed by atoms with Gasteiger partial charge in [-0.15, -0.1) is 0 Å². The van der Waals surface area contributed by atoms with Gasteiger partial charge in [0.2, 0.25) is 0 Å². The van der Waals surface area contributed by atoms with Gasteiger partial charge in [-0.05, 0) is 24.3 Å². The van der Waals surface area contributed by atoms with Crippen molar-refractivity contribution >= 4 is 62.2 Å². The van der Waals surface area contributed by atoms with E-state index in [0.717, 1.165) is 48.7 Å². The van der Waals surface area contributed by atoms with Crippen LogP contribution in [0.1, 0.15) is 0 Å². The largest absolute Gasteiger partial charge is 0.305 e. The molecule has 0 unspecified atom stereocenters. The van der Waals surface area contributed by atoms with Crippen molar-refractivity contribution in [1.82, 2.24) is 9.97 Å². The number of nitrogens with zero attached hydrogens (tertiary/aromatic N) is 3. The van der Waals surface area contributed by atoms with Gasteiger partial charge in [0.05, 0.1) is 42.9 Å². The predicted octanol–water partition coefficient (Wildman–Crippen LogP) is 7.37. The number of aromatic nitrogens is 2. The highest BCUT2D eigenvalue weighted by atomic mass is 35.5. The number of anilines is 3. The van der Waals surface area contributed by atoms with Gasteiger partial charge in [-0.25, -0.2) is 0 Å². The topological polar surface area (TPSA) is 29.0 Å². The van der Waals surface area contributed by atoms with E-state index in [1.807, 2.05) is 54.9 Å². The standard InChI is InChI=1S/C24H14ClN3S/c25-17-9-3-6-12-20(17)28-23-15-7-1-4-10-18(15)26-13-21(23)29-22-14-27-19-11-5-2-8-16(19)24(22)28/h1-14H. The first-order valence-corrected chi connectivity index (χ1v) is 10.5. The van der Waals surface area contributed by atoms with Gasteiger partial charge in [0.25, 0.3) is 0 Å². The summed E-state index contributed by atoms with van der Waals surface area (Å²) >= 11 is 8.42. The monoisotopic (exact) mass is 411 g/mol. The fourth-order valence-electron chi connectivity index (χ4n) is 3.93. The second kappa shape index (κ2) is 6.48. The molecule has 0 saturated heterocycles. The van der Waals surface area contributed by atoms with Gasteiger partial charge in [0.15, 0.2) is 0 Å². The van der Waals surface area contributed by atoms with Crippen molar-refractivity contribution in [3.8, 4) is 0 Å². The van der Waals surface area contributed by atoms with Crippen LogP contribution in [0.15, 0.2) is 95.0 Å². The molecular formula is C24H14ClN3S. The van der Waals surface area contributed by atoms with E-state index in [0.29, 0.717) is 5.02 Å². The van der Waals surface area contributed by atoms with E-state index in [1.54, 1.807) is 11.8 Å². The van der Waals surface area contributed by atoms with Crippen LogP contribution in [-0.2, 0) is 0 Å². The van der Waals surface area contributed by atoms with Crippen LogP contribution < -0.4 is 4.90 Å². The van der Waals surface area contributed by atoms with E-state index in [-0.39, 0.29) is 0 Å². The SMILES string of the molecule is Clc1ccccc1N1c2c(cnc3ccccc23)Sc2cnc3ccccc3c21. The summed E-state index contributed by atoms with van der Waals surface area (Å²) in [5.41, 5.74) is 5.09. The summed E-state index contributed by atoms with van der Waals surface area (Å²) < 4.78 is 0. The van der Waals surface area contributed by atoms with Crippen LogP contribution in [0.3, 0.4) is 0 Å². The summed E-state index contributed by atoms with van der Waals surface area (Å²) in [6.07, 6.45) is 3.90. The first kappa shape index (κ1) is 16.8. The summed E-state index contributed by atoms with van der Waals surface area (Å²) in [6, 6.07) is 24.5. The van der Waals surface area contributed by atoms with Crippen molar-refractivity contribution < 1.29 is 0 Å². The van der Waals surface area contributed by atoms with Crippen LogP contribution >= 0.6 is 23.4 Å². The Bertz CT molecular complexity index is 1330. The Morgan fingerprint density at radius 2 is 1.17 bits per heavy atom. The number of rotatable bonds is 1. The molecule has 2 aromatic heterocycles. The third-order valence-corrected chi connectivity index (χ3v) is 6.54. The Labute approximate surface area is 177 Å². The highest BCUT2D eigenvalue weighted by molar-refractivity contribution is 7.99. The molecular weight excluding hydrogens is 398 g/mol. The third-order valence-electron chi connectivity index (χ3n) is 5.19. The first-order chi connectivity index (χ1) is 14.3. The van der Waals surface area contributed by atoms with Crippen molar-refractivity contribution in [1.29, 1.82) is 0 Å². The molecule has 5 heteroatoms. The van der Waals surface area contributed by atoms with E-state index in [1.165, 1.54) is 0 Å². The Kier molecular flexibility index (Phi) is 3.76. The molecule has 0 atom stereocenters. The fraction of sp³-hybridized carbons (Fsp3) is 0. The molecule has 3 nitrogen and oxygen atoms in total. The van der Waals surface area contributed by atoms with Gasteiger partial charge in [0, 0.05) is 23.2 Å². The number of halogens is 1. The maximum atomic E-state index is 6.71. The second-order valence-electron chi connectivity index (χ2n) is 6.87. The molecule has 0 amide bonds. The summed E-state index contributed by atoms with van der Waals surface area (Å²) in [7, 11) is 0. The van der Waals surface area contributed by atoms with Gasteiger partial charge in [-0.3, -0.25) is 9.97 Å². The molecule has 0 bridgehead atoms. The molecule has 3 heterocycles. The van der Waals surface area contributed by atoms with Gasteiger partial charge in [-0.1, -0.05) is 71.9 Å². The highest BCUT2D eigenvalue weighted by Crippen LogP contribution is 2.55. The summed E-state index contributed by atoms with van der Waals surface area (Å²) in [4.78, 5) is 13.8. The fourth-order valence-corrected chi connectivity index (χ4v) is 5.20. The lowest BCUT2D eigenvalue weighted by atomic mass is 10.1. The summed E-state index contributed by atoms with van der Waals surface area (Å²) in [5.74, 6) is 0. The molecule has 138 valence electrons. The lowest BCUT2D eigenvalue weighted by Crippen LogP contribution is -2.17. The molecule has 29 heavy (non-hydrogen) atoms. The number of benzene rings is 3. The number of pyridine rings is 2. The van der Waals surface area contributed by atoms with E-state index in [2.05, 4.69) is 45.2 Å². The molecule has 0 fully saturated rings. The zero-order valence-electron chi connectivity index (χ0n) is 15.2. The molecule has 1 aliphatic rings. The van der Waals surface area contributed by atoms with E-state index in [9.17, 15) is 0 Å². The number of hydrogen-bond acceptors (Lipinski definition) is 4. The van der Waals surface area contributed by atoms with Crippen LogP contribution in [0.25, 0.3) is 21.8 Å². The molecule has 0 radical (unpaired) electrons. The minimum atomic E-state index is 0.707. The predicted molar refractivity (Wildman–Crippen MR) is 121 cm³/mol. The minimum Gasteiger partial charge on any atom is -0.305 e. The number of hydrogen-bond donors (Lipinski definition) is 0. The molecule has 0 aliphatic carbocycles. The molecule has 0 saturated carbocycles. The maximum absolute atomic E-state index is 6.71. The zero-order valence-corrected chi connectivity index (χ0v) is 16.8. The van der Waals surface area contributed by atoms with Crippen molar-refractivity contribution in [2.24, 2.45) is 0 Å². The number of para-hydroxylation sites is 3. The minimum absolute atomic E-state index is 0.707. The number of fused-ring (bicyclic) bond motifs is 6. The first-order valence-electron chi connectivity index (χ1n) is 9.29.